The Morgan fingerprint density at radius 2 is 1.79 bits per heavy atom. The lowest BCUT2D eigenvalue weighted by atomic mass is 10.1. The molecule has 0 aliphatic carbocycles. The Balaban J connectivity index is 1.05. The Hall–Kier alpha value is -6.07. The second kappa shape index (κ2) is 15.7. The van der Waals surface area contributed by atoms with Gasteiger partial charge >= 0.3 is 0 Å². The molecule has 4 heterocycles. The van der Waals surface area contributed by atoms with Gasteiger partial charge in [0, 0.05) is 57.7 Å². The monoisotopic (exact) mass is 741 g/mol. The van der Waals surface area contributed by atoms with Gasteiger partial charge in [-0.3, -0.25) is 14.6 Å². The van der Waals surface area contributed by atoms with Crippen molar-refractivity contribution in [2.75, 3.05) is 0 Å². The number of carbonyl (C=O) groups excluding carboxylic acids is 2. The highest BCUT2D eigenvalue weighted by Crippen LogP contribution is 2.35. The highest BCUT2D eigenvalue weighted by Gasteiger charge is 2.21. The van der Waals surface area contributed by atoms with E-state index in [0.29, 0.717) is 50.4 Å². The molecule has 1 atom stereocenters. The summed E-state index contributed by atoms with van der Waals surface area (Å²) in [6.45, 7) is 2.32. The van der Waals surface area contributed by atoms with Gasteiger partial charge in [-0.1, -0.05) is 59.6 Å². The normalized spacial score (nSPS) is 11.9. The molecule has 53 heavy (non-hydrogen) atoms. The second-order valence-electron chi connectivity index (χ2n) is 12.2. The average molecular weight is 743 g/mol. The predicted octanol–water partition coefficient (Wildman–Crippen LogP) is 8.01. The highest BCUT2D eigenvalue weighted by atomic mass is 35.5. The molecule has 0 aliphatic rings. The number of nitrogens with one attached hydrogen (secondary N) is 1. The molecule has 7 rings (SSSR count). The number of hydrogen-bond donors (Lipinski definition) is 2. The SMILES string of the molecule is Cc1cc(-n2ccnc2)c2cccc(OCc3c(Cl)ccc(-n4cccc4C(N)C(=O)/C=C/c4ccc(C(=O)NCc5ccccn5)cc4)c3Cl)c2n1. The van der Waals surface area contributed by atoms with Gasteiger partial charge < -0.3 is 24.9 Å². The van der Waals surface area contributed by atoms with E-state index < -0.39 is 6.04 Å². The van der Waals surface area contributed by atoms with Crippen molar-refractivity contribution in [1.82, 2.24) is 29.4 Å². The lowest BCUT2D eigenvalue weighted by molar-refractivity contribution is -0.115. The van der Waals surface area contributed by atoms with Gasteiger partial charge in [-0.15, -0.1) is 0 Å². The number of rotatable bonds is 12. The van der Waals surface area contributed by atoms with Gasteiger partial charge in [0.1, 0.15) is 23.9 Å². The molecule has 12 heteroatoms. The molecule has 0 saturated carbocycles. The molecular weight excluding hydrogens is 709 g/mol. The summed E-state index contributed by atoms with van der Waals surface area (Å²) < 4.78 is 10.0. The number of aromatic nitrogens is 5. The third-order valence-corrected chi connectivity index (χ3v) is 9.44. The van der Waals surface area contributed by atoms with Gasteiger partial charge in [-0.2, -0.15) is 0 Å². The highest BCUT2D eigenvalue weighted by molar-refractivity contribution is 6.37. The topological polar surface area (TPSA) is 130 Å². The van der Waals surface area contributed by atoms with Crippen LogP contribution in [0.1, 0.15) is 44.6 Å². The molecular formula is C41H33Cl2N7O3. The Labute approximate surface area is 315 Å². The summed E-state index contributed by atoms with van der Waals surface area (Å²) in [4.78, 5) is 39.1. The Kier molecular flexibility index (Phi) is 10.4. The number of carbonyl (C=O) groups is 2. The molecule has 0 spiro atoms. The summed E-state index contributed by atoms with van der Waals surface area (Å²) in [5, 5.41) is 4.54. The zero-order valence-electron chi connectivity index (χ0n) is 28.5. The van der Waals surface area contributed by atoms with E-state index in [1.165, 1.54) is 6.08 Å². The molecule has 3 aromatic carbocycles. The summed E-state index contributed by atoms with van der Waals surface area (Å²) in [5.74, 6) is 0.0377. The molecule has 0 radical (unpaired) electrons. The Morgan fingerprint density at radius 1 is 0.943 bits per heavy atom. The number of amides is 1. The van der Waals surface area contributed by atoms with Gasteiger partial charge in [-0.05, 0) is 79.2 Å². The summed E-state index contributed by atoms with van der Waals surface area (Å²) in [5.41, 5.74) is 12.7. The molecule has 0 fully saturated rings. The third kappa shape index (κ3) is 7.75. The molecule has 0 bridgehead atoms. The van der Waals surface area contributed by atoms with Crippen LogP contribution in [0, 0.1) is 6.92 Å². The van der Waals surface area contributed by atoms with Crippen LogP contribution in [0.25, 0.3) is 28.4 Å². The summed E-state index contributed by atoms with van der Waals surface area (Å²) in [7, 11) is 0. The Bertz CT molecular complexity index is 2440. The zero-order chi connectivity index (χ0) is 36.9. The van der Waals surface area contributed by atoms with E-state index in [2.05, 4.69) is 15.3 Å². The lowest BCUT2D eigenvalue weighted by Crippen LogP contribution is -2.23. The number of ketones is 1. The molecule has 0 saturated heterocycles. The van der Waals surface area contributed by atoms with Gasteiger partial charge in [0.2, 0.25) is 0 Å². The number of ether oxygens (including phenoxy) is 1. The largest absolute Gasteiger partial charge is 0.487 e. The van der Waals surface area contributed by atoms with Crippen LogP contribution in [-0.4, -0.2) is 35.8 Å². The number of aryl methyl sites for hydroxylation is 1. The molecule has 0 aliphatic heterocycles. The number of fused-ring (bicyclic) bond motifs is 1. The van der Waals surface area contributed by atoms with Crippen molar-refractivity contribution in [2.45, 2.75) is 26.1 Å². The minimum atomic E-state index is -0.987. The number of pyridine rings is 2. The molecule has 1 unspecified atom stereocenters. The van der Waals surface area contributed by atoms with Crippen LogP contribution in [0.3, 0.4) is 0 Å². The van der Waals surface area contributed by atoms with Crippen molar-refractivity contribution in [3.8, 4) is 17.1 Å². The van der Waals surface area contributed by atoms with E-state index in [-0.39, 0.29) is 18.3 Å². The predicted molar refractivity (Wildman–Crippen MR) is 207 cm³/mol. The number of hydrogen-bond acceptors (Lipinski definition) is 7. The third-order valence-electron chi connectivity index (χ3n) is 8.66. The van der Waals surface area contributed by atoms with E-state index in [4.69, 9.17) is 38.7 Å². The fourth-order valence-electron chi connectivity index (χ4n) is 5.93. The quantitative estimate of drug-likeness (QED) is 0.121. The van der Waals surface area contributed by atoms with Crippen molar-refractivity contribution in [3.63, 3.8) is 0 Å². The first-order valence-corrected chi connectivity index (χ1v) is 17.4. The first kappa shape index (κ1) is 35.3. The average Bonchev–Trinajstić information content (AvgIpc) is 3.90. The summed E-state index contributed by atoms with van der Waals surface area (Å²) >= 11 is 13.7. The number of nitrogens with two attached hydrogens (primary N) is 1. The fourth-order valence-corrected chi connectivity index (χ4v) is 6.50. The van der Waals surface area contributed by atoms with Gasteiger partial charge in [0.25, 0.3) is 5.91 Å². The van der Waals surface area contributed by atoms with E-state index in [1.807, 2.05) is 60.2 Å². The van der Waals surface area contributed by atoms with Crippen LogP contribution in [0.4, 0.5) is 0 Å². The maximum absolute atomic E-state index is 13.3. The first-order valence-electron chi connectivity index (χ1n) is 16.7. The van der Waals surface area contributed by atoms with Gasteiger partial charge in [-0.25, -0.2) is 9.97 Å². The number of benzene rings is 3. The van der Waals surface area contributed by atoms with Crippen molar-refractivity contribution >= 4 is 51.9 Å². The van der Waals surface area contributed by atoms with Crippen LogP contribution in [-0.2, 0) is 17.9 Å². The molecule has 10 nitrogen and oxygen atoms in total. The molecule has 1 amide bonds. The number of nitrogens with zero attached hydrogens (tertiary/aromatic N) is 5. The summed E-state index contributed by atoms with van der Waals surface area (Å²) in [6, 6.07) is 26.3. The number of para-hydroxylation sites is 1. The van der Waals surface area contributed by atoms with Crippen LogP contribution >= 0.6 is 23.2 Å². The van der Waals surface area contributed by atoms with Gasteiger partial charge in [0.05, 0.1) is 35.0 Å². The second-order valence-corrected chi connectivity index (χ2v) is 13.0. The lowest BCUT2D eigenvalue weighted by Gasteiger charge is -2.18. The van der Waals surface area contributed by atoms with Crippen LogP contribution in [0.2, 0.25) is 10.0 Å². The first-order chi connectivity index (χ1) is 25.8. The van der Waals surface area contributed by atoms with Crippen LogP contribution < -0.4 is 15.8 Å². The number of halogens is 2. The summed E-state index contributed by atoms with van der Waals surface area (Å²) in [6.07, 6.45) is 11.9. The Morgan fingerprint density at radius 3 is 2.57 bits per heavy atom. The fraction of sp³-hybridized carbons (Fsp3) is 0.0976. The minimum Gasteiger partial charge on any atom is -0.487 e. The maximum atomic E-state index is 13.3. The maximum Gasteiger partial charge on any atom is 0.251 e. The zero-order valence-corrected chi connectivity index (χ0v) is 30.0. The standard InChI is InChI=1S/C41H33Cl2N7O3/c1-26-22-35(49-21-19-45-25-49)30-7-4-9-37(40(30)48-26)53-24-31-32(42)15-16-33(38(31)43)50-20-5-8-34(50)39(44)36(51)17-12-27-10-13-28(14-11-27)41(52)47-23-29-6-2-3-18-46-29/h2-22,25,39H,23-24,44H2,1H3,(H,47,52)/b17-12+. The van der Waals surface area contributed by atoms with E-state index in [0.717, 1.165) is 28.0 Å². The smallest absolute Gasteiger partial charge is 0.251 e. The van der Waals surface area contributed by atoms with Crippen LogP contribution in [0.15, 0.2) is 128 Å². The van der Waals surface area contributed by atoms with E-state index in [1.54, 1.807) is 84.1 Å². The van der Waals surface area contributed by atoms with E-state index in [9.17, 15) is 9.59 Å². The van der Waals surface area contributed by atoms with Crippen molar-refractivity contribution in [2.24, 2.45) is 5.73 Å². The van der Waals surface area contributed by atoms with Crippen molar-refractivity contribution in [1.29, 1.82) is 0 Å². The molecule has 7 aromatic rings. The molecule has 4 aromatic heterocycles. The number of imidazole rings is 1. The van der Waals surface area contributed by atoms with E-state index >= 15 is 0 Å². The van der Waals surface area contributed by atoms with Crippen LogP contribution in [0.5, 0.6) is 5.75 Å². The van der Waals surface area contributed by atoms with Gasteiger partial charge in [0.15, 0.2) is 5.78 Å². The van der Waals surface area contributed by atoms with Crippen molar-refractivity contribution in [3.05, 3.63) is 172 Å². The minimum absolute atomic E-state index is 0.0651. The van der Waals surface area contributed by atoms with Crippen molar-refractivity contribution < 1.29 is 14.3 Å². The molecule has 3 N–H and O–H groups in total. The molecule has 264 valence electrons.